The molecule has 3 aromatic rings. The number of aryl methyl sites for hydroxylation is 1. The molecule has 0 saturated carbocycles. The zero-order valence-corrected chi connectivity index (χ0v) is 12.8. The van der Waals surface area contributed by atoms with Crippen LogP contribution in [0.2, 0.25) is 0 Å². The zero-order chi connectivity index (χ0) is 16.9. The third kappa shape index (κ3) is 3.32. The molecule has 122 valence electrons. The van der Waals surface area contributed by atoms with Gasteiger partial charge in [-0.2, -0.15) is 0 Å². The third-order valence-corrected chi connectivity index (χ3v) is 3.16. The van der Waals surface area contributed by atoms with Crippen molar-refractivity contribution in [3.8, 4) is 11.5 Å². The number of hydrogen-bond donors (Lipinski definition) is 2. The van der Waals surface area contributed by atoms with E-state index in [1.807, 2.05) is 25.1 Å². The van der Waals surface area contributed by atoms with E-state index < -0.39 is 11.8 Å². The highest BCUT2D eigenvalue weighted by Gasteiger charge is 2.17. The standard InChI is InChI=1S/C16H14N4O4/c1-2-11-8-9-12(23-11)13(21)17-18-14(22)16-20-19-15(24-16)10-6-4-3-5-7-10/h3-9H,2H2,1H3,(H,17,21)(H,18,22). The molecule has 0 spiro atoms. The molecule has 24 heavy (non-hydrogen) atoms. The Morgan fingerprint density at radius 2 is 1.71 bits per heavy atom. The lowest BCUT2D eigenvalue weighted by molar-refractivity contribution is 0.0812. The van der Waals surface area contributed by atoms with Crippen LogP contribution in [0.25, 0.3) is 11.5 Å². The zero-order valence-electron chi connectivity index (χ0n) is 12.8. The second kappa shape index (κ2) is 6.78. The van der Waals surface area contributed by atoms with Gasteiger partial charge >= 0.3 is 17.7 Å². The van der Waals surface area contributed by atoms with Gasteiger partial charge in [0.15, 0.2) is 5.76 Å². The summed E-state index contributed by atoms with van der Waals surface area (Å²) in [5, 5.41) is 7.46. The van der Waals surface area contributed by atoms with Crippen LogP contribution in [0.15, 0.2) is 51.3 Å². The van der Waals surface area contributed by atoms with Gasteiger partial charge in [-0.1, -0.05) is 25.1 Å². The first kappa shape index (κ1) is 15.5. The van der Waals surface area contributed by atoms with Crippen LogP contribution in [0.3, 0.4) is 0 Å². The Morgan fingerprint density at radius 1 is 0.958 bits per heavy atom. The number of nitrogens with zero attached hydrogens (tertiary/aromatic N) is 2. The van der Waals surface area contributed by atoms with Crippen LogP contribution in [0.1, 0.15) is 33.9 Å². The lowest BCUT2D eigenvalue weighted by atomic mass is 10.2. The Balaban J connectivity index is 1.61. The summed E-state index contributed by atoms with van der Waals surface area (Å²) in [6, 6.07) is 12.3. The summed E-state index contributed by atoms with van der Waals surface area (Å²) in [6.45, 7) is 1.90. The minimum atomic E-state index is -0.722. The summed E-state index contributed by atoms with van der Waals surface area (Å²) in [5.41, 5.74) is 5.11. The molecule has 0 radical (unpaired) electrons. The van der Waals surface area contributed by atoms with E-state index in [0.717, 1.165) is 0 Å². The van der Waals surface area contributed by atoms with E-state index in [9.17, 15) is 9.59 Å². The van der Waals surface area contributed by atoms with E-state index >= 15 is 0 Å². The quantitative estimate of drug-likeness (QED) is 0.709. The van der Waals surface area contributed by atoms with Gasteiger partial charge in [0.2, 0.25) is 5.89 Å². The molecule has 0 unspecified atom stereocenters. The largest absolute Gasteiger partial charge is 0.456 e. The van der Waals surface area contributed by atoms with Crippen molar-refractivity contribution in [2.45, 2.75) is 13.3 Å². The fourth-order valence-corrected chi connectivity index (χ4v) is 1.93. The first-order valence-corrected chi connectivity index (χ1v) is 7.25. The van der Waals surface area contributed by atoms with Crippen LogP contribution < -0.4 is 10.9 Å². The Kier molecular flexibility index (Phi) is 4.37. The molecule has 0 aliphatic carbocycles. The molecule has 1 aromatic carbocycles. The van der Waals surface area contributed by atoms with Crippen LogP contribution in [0, 0.1) is 0 Å². The lowest BCUT2D eigenvalue weighted by Crippen LogP contribution is -2.41. The monoisotopic (exact) mass is 326 g/mol. The minimum Gasteiger partial charge on any atom is -0.456 e. The van der Waals surface area contributed by atoms with Crippen molar-refractivity contribution in [3.63, 3.8) is 0 Å². The maximum absolute atomic E-state index is 11.9. The first-order chi connectivity index (χ1) is 11.7. The lowest BCUT2D eigenvalue weighted by Gasteiger charge is -2.02. The van der Waals surface area contributed by atoms with Crippen molar-refractivity contribution in [1.29, 1.82) is 0 Å². The van der Waals surface area contributed by atoms with Crippen molar-refractivity contribution in [1.82, 2.24) is 21.0 Å². The summed E-state index contributed by atoms with van der Waals surface area (Å²) in [7, 11) is 0. The number of aromatic nitrogens is 2. The predicted molar refractivity (Wildman–Crippen MR) is 82.8 cm³/mol. The molecule has 2 amide bonds. The van der Waals surface area contributed by atoms with Crippen molar-refractivity contribution in [2.75, 3.05) is 0 Å². The number of carbonyl (C=O) groups excluding carboxylic acids is 2. The van der Waals surface area contributed by atoms with Crippen molar-refractivity contribution in [2.24, 2.45) is 0 Å². The van der Waals surface area contributed by atoms with E-state index in [0.29, 0.717) is 17.7 Å². The summed E-state index contributed by atoms with van der Waals surface area (Å²) in [6.07, 6.45) is 0.671. The second-order valence-electron chi connectivity index (χ2n) is 4.81. The molecule has 0 saturated heterocycles. The molecular weight excluding hydrogens is 312 g/mol. The summed E-state index contributed by atoms with van der Waals surface area (Å²) in [5.74, 6) is -0.571. The fourth-order valence-electron chi connectivity index (χ4n) is 1.93. The van der Waals surface area contributed by atoms with E-state index in [1.165, 1.54) is 6.07 Å². The van der Waals surface area contributed by atoms with Gasteiger partial charge in [-0.15, -0.1) is 10.2 Å². The number of carbonyl (C=O) groups is 2. The van der Waals surface area contributed by atoms with Crippen LogP contribution in [0.4, 0.5) is 0 Å². The van der Waals surface area contributed by atoms with Crippen LogP contribution in [-0.2, 0) is 6.42 Å². The third-order valence-electron chi connectivity index (χ3n) is 3.16. The molecule has 2 N–H and O–H groups in total. The average molecular weight is 326 g/mol. The average Bonchev–Trinajstić information content (AvgIpc) is 3.29. The van der Waals surface area contributed by atoms with Crippen molar-refractivity contribution >= 4 is 11.8 Å². The highest BCUT2D eigenvalue weighted by atomic mass is 16.4. The first-order valence-electron chi connectivity index (χ1n) is 7.25. The van der Waals surface area contributed by atoms with Gasteiger partial charge in [0.1, 0.15) is 5.76 Å². The van der Waals surface area contributed by atoms with Crippen molar-refractivity contribution in [3.05, 3.63) is 59.9 Å². The van der Waals surface area contributed by atoms with Gasteiger partial charge in [-0.05, 0) is 24.3 Å². The van der Waals surface area contributed by atoms with Gasteiger partial charge in [-0.3, -0.25) is 20.4 Å². The molecule has 2 aromatic heterocycles. The Morgan fingerprint density at radius 3 is 2.42 bits per heavy atom. The maximum atomic E-state index is 11.9. The normalized spacial score (nSPS) is 10.4. The van der Waals surface area contributed by atoms with Crippen LogP contribution in [0.5, 0.6) is 0 Å². The fraction of sp³-hybridized carbons (Fsp3) is 0.125. The second-order valence-corrected chi connectivity index (χ2v) is 4.81. The number of rotatable bonds is 4. The SMILES string of the molecule is CCc1ccc(C(=O)NNC(=O)c2nnc(-c3ccccc3)o2)o1. The number of nitrogens with one attached hydrogen (secondary N) is 2. The highest BCUT2D eigenvalue weighted by Crippen LogP contribution is 2.16. The number of benzene rings is 1. The summed E-state index contributed by atoms with van der Waals surface area (Å²) < 4.78 is 10.6. The van der Waals surface area contributed by atoms with Gasteiger partial charge in [0.05, 0.1) is 0 Å². The molecule has 0 aliphatic rings. The molecule has 8 heteroatoms. The molecular formula is C16H14N4O4. The topological polar surface area (TPSA) is 110 Å². The molecule has 8 nitrogen and oxygen atoms in total. The summed E-state index contributed by atoms with van der Waals surface area (Å²) in [4.78, 5) is 23.8. The summed E-state index contributed by atoms with van der Waals surface area (Å²) >= 11 is 0. The smallest absolute Gasteiger partial charge is 0.327 e. The molecule has 0 aliphatic heterocycles. The van der Waals surface area contributed by atoms with Crippen LogP contribution >= 0.6 is 0 Å². The Hall–Kier alpha value is -3.42. The number of furan rings is 1. The molecule has 2 heterocycles. The van der Waals surface area contributed by atoms with Crippen LogP contribution in [-0.4, -0.2) is 22.0 Å². The number of amides is 2. The van der Waals surface area contributed by atoms with Gasteiger partial charge in [0.25, 0.3) is 0 Å². The van der Waals surface area contributed by atoms with E-state index in [-0.39, 0.29) is 17.5 Å². The van der Waals surface area contributed by atoms with E-state index in [2.05, 4.69) is 21.0 Å². The Bertz CT molecular complexity index is 854. The maximum Gasteiger partial charge on any atom is 0.327 e. The molecule has 0 fully saturated rings. The molecule has 0 bridgehead atoms. The highest BCUT2D eigenvalue weighted by molar-refractivity contribution is 5.95. The number of hydrazine groups is 1. The minimum absolute atomic E-state index is 0.0997. The van der Waals surface area contributed by atoms with Gasteiger partial charge in [0, 0.05) is 12.0 Å². The number of hydrogen-bond acceptors (Lipinski definition) is 6. The molecule has 3 rings (SSSR count). The van der Waals surface area contributed by atoms with Gasteiger partial charge in [-0.25, -0.2) is 0 Å². The van der Waals surface area contributed by atoms with Crippen molar-refractivity contribution < 1.29 is 18.4 Å². The molecule has 0 atom stereocenters. The van der Waals surface area contributed by atoms with E-state index in [1.54, 1.807) is 18.2 Å². The Labute approximate surface area is 136 Å². The van der Waals surface area contributed by atoms with Gasteiger partial charge < -0.3 is 8.83 Å². The predicted octanol–water partition coefficient (Wildman–Crippen LogP) is 1.97. The van der Waals surface area contributed by atoms with E-state index in [4.69, 9.17) is 8.83 Å².